The number of carbonyl (C=O) groups excluding carboxylic acids is 1. The molecule has 9 heteroatoms. The summed E-state index contributed by atoms with van der Waals surface area (Å²) in [6.45, 7) is 0. The van der Waals surface area contributed by atoms with Gasteiger partial charge >= 0.3 is 12.4 Å². The van der Waals surface area contributed by atoms with Crippen LogP contribution in [0.4, 0.5) is 23.7 Å². The Hall–Kier alpha value is -2.16. The predicted octanol–water partition coefficient (Wildman–Crippen LogP) is 3.02. The summed E-state index contributed by atoms with van der Waals surface area (Å²) in [6.07, 6.45) is -2.68. The highest BCUT2D eigenvalue weighted by atomic mass is 19.4. The van der Waals surface area contributed by atoms with E-state index in [-0.39, 0.29) is 23.6 Å². The third kappa shape index (κ3) is 5.48. The molecule has 24 heavy (non-hydrogen) atoms. The monoisotopic (exact) mass is 348 g/mol. The molecule has 1 aromatic carbocycles. The third-order valence-electron chi connectivity index (χ3n) is 3.68. The summed E-state index contributed by atoms with van der Waals surface area (Å²) >= 11 is 0. The average molecular weight is 348 g/mol. The van der Waals surface area contributed by atoms with Crippen molar-refractivity contribution in [2.24, 2.45) is 0 Å². The number of amides is 2. The summed E-state index contributed by atoms with van der Waals surface area (Å²) in [5.41, 5.74) is 0.0626. The summed E-state index contributed by atoms with van der Waals surface area (Å²) < 4.78 is 45.7. The van der Waals surface area contributed by atoms with Crippen LogP contribution in [0, 0.1) is 0 Å². The molecule has 0 radical (unpaired) electrons. The van der Waals surface area contributed by atoms with Crippen molar-refractivity contribution in [3.8, 4) is 11.5 Å². The lowest BCUT2D eigenvalue weighted by Gasteiger charge is -2.26. The lowest BCUT2D eigenvalue weighted by Crippen LogP contribution is -2.40. The van der Waals surface area contributed by atoms with E-state index in [9.17, 15) is 23.1 Å². The first-order chi connectivity index (χ1) is 11.3. The zero-order valence-corrected chi connectivity index (χ0v) is 13.0. The molecular weight excluding hydrogens is 329 g/mol. The van der Waals surface area contributed by atoms with Gasteiger partial charge in [0.25, 0.3) is 0 Å². The second-order valence-corrected chi connectivity index (χ2v) is 5.51. The van der Waals surface area contributed by atoms with Gasteiger partial charge in [0.1, 0.15) is 11.5 Å². The maximum absolute atomic E-state index is 12.3. The van der Waals surface area contributed by atoms with Gasteiger partial charge in [-0.3, -0.25) is 0 Å². The maximum Gasteiger partial charge on any atom is 0.573 e. The molecule has 0 unspecified atom stereocenters. The fourth-order valence-electron chi connectivity index (χ4n) is 2.55. The van der Waals surface area contributed by atoms with Crippen molar-refractivity contribution >= 4 is 11.7 Å². The van der Waals surface area contributed by atoms with Crippen LogP contribution in [0.5, 0.6) is 11.5 Å². The van der Waals surface area contributed by atoms with Crippen LogP contribution in [0.3, 0.4) is 0 Å². The molecule has 0 spiro atoms. The lowest BCUT2D eigenvalue weighted by molar-refractivity contribution is -0.274. The molecule has 1 saturated carbocycles. The van der Waals surface area contributed by atoms with Crippen LogP contribution >= 0.6 is 0 Å². The molecule has 1 aliphatic carbocycles. The Morgan fingerprint density at radius 3 is 2.50 bits per heavy atom. The van der Waals surface area contributed by atoms with Gasteiger partial charge < -0.3 is 25.2 Å². The topological polar surface area (TPSA) is 79.8 Å². The predicted molar refractivity (Wildman–Crippen MR) is 80.1 cm³/mol. The minimum atomic E-state index is -4.82. The van der Waals surface area contributed by atoms with Crippen molar-refractivity contribution in [2.45, 2.75) is 44.2 Å². The van der Waals surface area contributed by atoms with E-state index >= 15 is 0 Å². The Kier molecular flexibility index (Phi) is 5.76. The molecule has 1 aromatic rings. The van der Waals surface area contributed by atoms with Gasteiger partial charge in [0.05, 0.1) is 18.9 Å². The van der Waals surface area contributed by atoms with E-state index < -0.39 is 18.1 Å². The smallest absolute Gasteiger partial charge is 0.495 e. The van der Waals surface area contributed by atoms with Gasteiger partial charge in [-0.1, -0.05) is 0 Å². The van der Waals surface area contributed by atoms with Gasteiger partial charge in [-0.15, -0.1) is 13.2 Å². The summed E-state index contributed by atoms with van der Waals surface area (Å²) in [5.74, 6) is -0.252. The van der Waals surface area contributed by atoms with Crippen LogP contribution in [0.15, 0.2) is 18.2 Å². The molecule has 0 atom stereocenters. The number of carbonyl (C=O) groups is 1. The molecule has 0 aliphatic heterocycles. The number of alkyl halides is 3. The molecule has 0 aromatic heterocycles. The number of aliphatic hydroxyl groups excluding tert-OH is 1. The Morgan fingerprint density at radius 1 is 1.25 bits per heavy atom. The highest BCUT2D eigenvalue weighted by Gasteiger charge is 2.31. The van der Waals surface area contributed by atoms with Gasteiger partial charge in [-0.25, -0.2) is 4.79 Å². The standard InChI is InChI=1S/C15H19F3N2O4/c1-23-13-7-6-11(24-15(16,17)18)8-12(13)20-14(22)19-9-2-4-10(21)5-3-9/h6-10,21H,2-5H2,1H3,(H2,19,20,22). The molecule has 0 bridgehead atoms. The Bertz CT molecular complexity index is 572. The number of nitrogens with one attached hydrogen (secondary N) is 2. The van der Waals surface area contributed by atoms with E-state index in [1.165, 1.54) is 13.2 Å². The first-order valence-electron chi connectivity index (χ1n) is 7.46. The molecule has 0 saturated heterocycles. The Balaban J connectivity index is 2.01. The highest BCUT2D eigenvalue weighted by Crippen LogP contribution is 2.32. The number of methoxy groups -OCH3 is 1. The second-order valence-electron chi connectivity index (χ2n) is 5.51. The van der Waals surface area contributed by atoms with Crippen molar-refractivity contribution in [3.63, 3.8) is 0 Å². The van der Waals surface area contributed by atoms with Crippen LogP contribution in [-0.4, -0.2) is 36.8 Å². The van der Waals surface area contributed by atoms with Crippen molar-refractivity contribution in [1.29, 1.82) is 0 Å². The number of aliphatic hydroxyl groups is 1. The van der Waals surface area contributed by atoms with Gasteiger partial charge in [0, 0.05) is 12.1 Å². The van der Waals surface area contributed by atoms with Gasteiger partial charge in [-0.05, 0) is 37.8 Å². The Labute approximate surface area is 136 Å². The van der Waals surface area contributed by atoms with Crippen LogP contribution in [0.25, 0.3) is 0 Å². The first kappa shape index (κ1) is 18.2. The molecule has 0 heterocycles. The fourth-order valence-corrected chi connectivity index (χ4v) is 2.55. The van der Waals surface area contributed by atoms with Crippen molar-refractivity contribution in [3.05, 3.63) is 18.2 Å². The summed E-state index contributed by atoms with van der Waals surface area (Å²) in [7, 11) is 1.34. The van der Waals surface area contributed by atoms with Crippen LogP contribution in [0.1, 0.15) is 25.7 Å². The van der Waals surface area contributed by atoms with Gasteiger partial charge in [-0.2, -0.15) is 0 Å². The van der Waals surface area contributed by atoms with Gasteiger partial charge in [0.15, 0.2) is 0 Å². The van der Waals surface area contributed by atoms with E-state index in [0.717, 1.165) is 12.1 Å². The van der Waals surface area contributed by atoms with E-state index in [1.54, 1.807) is 0 Å². The highest BCUT2D eigenvalue weighted by molar-refractivity contribution is 5.91. The number of benzene rings is 1. The Morgan fingerprint density at radius 2 is 1.92 bits per heavy atom. The summed E-state index contributed by atoms with van der Waals surface area (Å²) in [4.78, 5) is 12.0. The number of hydrogen-bond donors (Lipinski definition) is 3. The van der Waals surface area contributed by atoms with E-state index in [4.69, 9.17) is 4.74 Å². The number of hydrogen-bond acceptors (Lipinski definition) is 4. The zero-order valence-electron chi connectivity index (χ0n) is 13.0. The number of ether oxygens (including phenoxy) is 2. The second kappa shape index (κ2) is 7.61. The quantitative estimate of drug-likeness (QED) is 0.781. The first-order valence-corrected chi connectivity index (χ1v) is 7.46. The van der Waals surface area contributed by atoms with Crippen molar-refractivity contribution in [1.82, 2.24) is 5.32 Å². The molecule has 1 fully saturated rings. The number of halogens is 3. The van der Waals surface area contributed by atoms with Crippen LogP contribution < -0.4 is 20.1 Å². The number of rotatable bonds is 4. The molecule has 3 N–H and O–H groups in total. The molecule has 2 rings (SSSR count). The number of anilines is 1. The molecule has 1 aliphatic rings. The van der Waals surface area contributed by atoms with Crippen molar-refractivity contribution < 1.29 is 32.5 Å². The van der Waals surface area contributed by atoms with Crippen LogP contribution in [-0.2, 0) is 0 Å². The largest absolute Gasteiger partial charge is 0.573 e. The summed E-state index contributed by atoms with van der Waals surface area (Å²) in [6, 6.07) is 2.76. The molecule has 6 nitrogen and oxygen atoms in total. The number of urea groups is 1. The minimum Gasteiger partial charge on any atom is -0.495 e. The van der Waals surface area contributed by atoms with E-state index in [1.807, 2.05) is 0 Å². The summed E-state index contributed by atoms with van der Waals surface area (Å²) in [5, 5.41) is 14.6. The molecular formula is C15H19F3N2O4. The SMILES string of the molecule is COc1ccc(OC(F)(F)F)cc1NC(=O)NC1CCC(O)CC1. The van der Waals surface area contributed by atoms with Crippen LogP contribution in [0.2, 0.25) is 0 Å². The minimum absolute atomic E-state index is 0.0626. The molecule has 134 valence electrons. The molecule has 2 amide bonds. The normalized spacial score (nSPS) is 21.0. The lowest BCUT2D eigenvalue weighted by atomic mass is 9.93. The zero-order chi connectivity index (χ0) is 17.7. The third-order valence-corrected chi connectivity index (χ3v) is 3.68. The van der Waals surface area contributed by atoms with E-state index in [2.05, 4.69) is 15.4 Å². The average Bonchev–Trinajstić information content (AvgIpc) is 2.48. The fraction of sp³-hybridized carbons (Fsp3) is 0.533. The van der Waals surface area contributed by atoms with E-state index in [0.29, 0.717) is 25.7 Å². The van der Waals surface area contributed by atoms with Gasteiger partial charge in [0.2, 0.25) is 0 Å². The van der Waals surface area contributed by atoms with Crippen molar-refractivity contribution in [2.75, 3.05) is 12.4 Å². The maximum atomic E-state index is 12.3.